The molecule has 2 aromatic rings. The van der Waals surface area contributed by atoms with Gasteiger partial charge in [-0.2, -0.15) is 0 Å². The van der Waals surface area contributed by atoms with Crippen LogP contribution in [0.15, 0.2) is 48.5 Å². The number of ether oxygens (including phenoxy) is 2. The third kappa shape index (κ3) is 7.12. The number of para-hydroxylation sites is 1. The number of piperidine rings is 1. The SMILES string of the molecule is C#CCOc1ccc(/C=C/C(=O)Nc2ccccc2C(=O)NCC2CCN(C)CC2)cc1OC. The molecule has 34 heavy (non-hydrogen) atoms. The molecule has 0 spiro atoms. The van der Waals surface area contributed by atoms with Crippen molar-refractivity contribution in [2.75, 3.05) is 45.7 Å². The number of carbonyl (C=O) groups excluding carboxylic acids is 2. The summed E-state index contributed by atoms with van der Waals surface area (Å²) < 4.78 is 10.8. The summed E-state index contributed by atoms with van der Waals surface area (Å²) in [6.45, 7) is 2.87. The van der Waals surface area contributed by atoms with Gasteiger partial charge in [0.25, 0.3) is 5.91 Å². The van der Waals surface area contributed by atoms with Gasteiger partial charge in [-0.15, -0.1) is 6.42 Å². The van der Waals surface area contributed by atoms with Crippen molar-refractivity contribution in [2.45, 2.75) is 12.8 Å². The lowest BCUT2D eigenvalue weighted by Gasteiger charge is -2.29. The van der Waals surface area contributed by atoms with Crippen LogP contribution >= 0.6 is 0 Å². The van der Waals surface area contributed by atoms with Gasteiger partial charge in [-0.05, 0) is 74.8 Å². The van der Waals surface area contributed by atoms with E-state index in [2.05, 4.69) is 28.5 Å². The number of hydrogen-bond donors (Lipinski definition) is 2. The number of amides is 2. The molecule has 1 fully saturated rings. The Balaban J connectivity index is 1.60. The number of likely N-dealkylation sites (tertiary alicyclic amines) is 1. The number of hydrogen-bond acceptors (Lipinski definition) is 5. The van der Waals surface area contributed by atoms with Gasteiger partial charge in [0.05, 0.1) is 18.4 Å². The first-order chi connectivity index (χ1) is 16.5. The molecule has 1 aliphatic rings. The van der Waals surface area contributed by atoms with Crippen LogP contribution in [0.4, 0.5) is 5.69 Å². The molecular weight excluding hydrogens is 430 g/mol. The number of carbonyl (C=O) groups is 2. The lowest BCUT2D eigenvalue weighted by Crippen LogP contribution is -2.37. The number of benzene rings is 2. The minimum Gasteiger partial charge on any atom is -0.493 e. The summed E-state index contributed by atoms with van der Waals surface area (Å²) in [5, 5.41) is 5.82. The Labute approximate surface area is 201 Å². The molecule has 7 heteroatoms. The minimum absolute atomic E-state index is 0.138. The highest BCUT2D eigenvalue weighted by Gasteiger charge is 2.18. The highest BCUT2D eigenvalue weighted by molar-refractivity contribution is 6.07. The van der Waals surface area contributed by atoms with Crippen LogP contribution < -0.4 is 20.1 Å². The maximum atomic E-state index is 12.8. The van der Waals surface area contributed by atoms with Gasteiger partial charge in [0, 0.05) is 12.6 Å². The molecule has 1 saturated heterocycles. The maximum Gasteiger partial charge on any atom is 0.253 e. The van der Waals surface area contributed by atoms with Gasteiger partial charge in [-0.3, -0.25) is 9.59 Å². The molecule has 178 valence electrons. The molecule has 0 aromatic heterocycles. The Bertz CT molecular complexity index is 1070. The number of anilines is 1. The summed E-state index contributed by atoms with van der Waals surface area (Å²) in [5.41, 5.74) is 1.66. The molecule has 0 radical (unpaired) electrons. The van der Waals surface area contributed by atoms with Crippen LogP contribution in [0.2, 0.25) is 0 Å². The molecule has 1 aliphatic heterocycles. The van der Waals surface area contributed by atoms with Crippen molar-refractivity contribution >= 4 is 23.6 Å². The van der Waals surface area contributed by atoms with Crippen LogP contribution in [0.25, 0.3) is 6.08 Å². The summed E-state index contributed by atoms with van der Waals surface area (Å²) in [5.74, 6) is 3.40. The molecule has 3 rings (SSSR count). The Morgan fingerprint density at radius 1 is 1.18 bits per heavy atom. The van der Waals surface area contributed by atoms with E-state index in [1.54, 1.807) is 48.5 Å². The van der Waals surface area contributed by atoms with Crippen molar-refractivity contribution in [1.29, 1.82) is 0 Å². The van der Waals surface area contributed by atoms with Crippen molar-refractivity contribution in [3.05, 3.63) is 59.7 Å². The Morgan fingerprint density at radius 3 is 2.68 bits per heavy atom. The van der Waals surface area contributed by atoms with E-state index in [0.717, 1.165) is 31.5 Å². The van der Waals surface area contributed by atoms with Gasteiger partial charge >= 0.3 is 0 Å². The molecule has 2 N–H and O–H groups in total. The van der Waals surface area contributed by atoms with Crippen molar-refractivity contribution < 1.29 is 19.1 Å². The van der Waals surface area contributed by atoms with Crippen molar-refractivity contribution in [1.82, 2.24) is 10.2 Å². The van der Waals surface area contributed by atoms with Crippen LogP contribution in [0, 0.1) is 18.3 Å². The van der Waals surface area contributed by atoms with Crippen molar-refractivity contribution in [3.63, 3.8) is 0 Å². The summed E-state index contributed by atoms with van der Waals surface area (Å²) in [6.07, 6.45) is 10.4. The lowest BCUT2D eigenvalue weighted by molar-refractivity contribution is -0.111. The fourth-order valence-corrected chi connectivity index (χ4v) is 3.76. The lowest BCUT2D eigenvalue weighted by atomic mass is 9.97. The molecular formula is C27H31N3O4. The van der Waals surface area contributed by atoms with Gasteiger partial charge in [0.15, 0.2) is 11.5 Å². The summed E-state index contributed by atoms with van der Waals surface area (Å²) in [7, 11) is 3.65. The zero-order valence-electron chi connectivity index (χ0n) is 19.7. The maximum absolute atomic E-state index is 12.8. The first kappa shape index (κ1) is 24.9. The average molecular weight is 462 g/mol. The minimum atomic E-state index is -0.345. The van der Waals surface area contributed by atoms with E-state index in [1.165, 1.54) is 13.2 Å². The van der Waals surface area contributed by atoms with Gasteiger partial charge in [-0.1, -0.05) is 24.1 Å². The Hall–Kier alpha value is -3.76. The predicted octanol–water partition coefficient (Wildman–Crippen LogP) is 3.43. The second-order valence-electron chi connectivity index (χ2n) is 8.23. The molecule has 1 heterocycles. The quantitative estimate of drug-likeness (QED) is 0.442. The first-order valence-electron chi connectivity index (χ1n) is 11.3. The number of terminal acetylenes is 1. The molecule has 0 bridgehead atoms. The van der Waals surface area contributed by atoms with E-state index in [1.807, 2.05) is 0 Å². The highest BCUT2D eigenvalue weighted by atomic mass is 16.5. The summed E-state index contributed by atoms with van der Waals surface area (Å²) >= 11 is 0. The van der Waals surface area contributed by atoms with E-state index in [4.69, 9.17) is 15.9 Å². The largest absolute Gasteiger partial charge is 0.493 e. The van der Waals surface area contributed by atoms with Crippen LogP contribution in [0.5, 0.6) is 11.5 Å². The van der Waals surface area contributed by atoms with E-state index >= 15 is 0 Å². The molecule has 0 saturated carbocycles. The number of nitrogens with one attached hydrogen (secondary N) is 2. The average Bonchev–Trinajstić information content (AvgIpc) is 2.86. The fraction of sp³-hybridized carbons (Fsp3) is 0.333. The number of methoxy groups -OCH3 is 1. The Morgan fingerprint density at radius 2 is 1.94 bits per heavy atom. The van der Waals surface area contributed by atoms with E-state index < -0.39 is 0 Å². The topological polar surface area (TPSA) is 79.9 Å². The van der Waals surface area contributed by atoms with Crippen LogP contribution in [0.1, 0.15) is 28.8 Å². The number of rotatable bonds is 9. The third-order valence-electron chi connectivity index (χ3n) is 5.74. The van der Waals surface area contributed by atoms with Gasteiger partial charge in [0.1, 0.15) is 6.61 Å². The third-order valence-corrected chi connectivity index (χ3v) is 5.74. The fourth-order valence-electron chi connectivity index (χ4n) is 3.76. The second-order valence-corrected chi connectivity index (χ2v) is 8.23. The summed E-state index contributed by atoms with van der Waals surface area (Å²) in [4.78, 5) is 27.6. The highest BCUT2D eigenvalue weighted by Crippen LogP contribution is 2.28. The first-order valence-corrected chi connectivity index (χ1v) is 11.3. The normalized spacial score (nSPS) is 14.4. The summed E-state index contributed by atoms with van der Waals surface area (Å²) in [6, 6.07) is 12.3. The molecule has 0 unspecified atom stereocenters. The van der Waals surface area contributed by atoms with Gasteiger partial charge < -0.3 is 25.0 Å². The van der Waals surface area contributed by atoms with E-state index in [0.29, 0.717) is 35.2 Å². The molecule has 2 amide bonds. The zero-order chi connectivity index (χ0) is 24.3. The molecule has 7 nitrogen and oxygen atoms in total. The molecule has 2 aromatic carbocycles. The predicted molar refractivity (Wildman–Crippen MR) is 134 cm³/mol. The zero-order valence-corrected chi connectivity index (χ0v) is 19.7. The van der Waals surface area contributed by atoms with Crippen LogP contribution in [0.3, 0.4) is 0 Å². The van der Waals surface area contributed by atoms with Gasteiger partial charge in [0.2, 0.25) is 5.91 Å². The standard InChI is InChI=1S/C27H31N3O4/c1-4-17-34-24-11-9-20(18-25(24)33-3)10-12-26(31)29-23-8-6-5-7-22(23)27(32)28-19-21-13-15-30(2)16-14-21/h1,5-12,18,21H,13-17,19H2,2-3H3,(H,28,32)(H,29,31)/b12-10+. The van der Waals surface area contributed by atoms with Crippen molar-refractivity contribution in [3.8, 4) is 23.8 Å². The smallest absolute Gasteiger partial charge is 0.253 e. The molecule has 0 aliphatic carbocycles. The Kier molecular flexibility index (Phi) is 9.12. The van der Waals surface area contributed by atoms with Crippen molar-refractivity contribution in [2.24, 2.45) is 5.92 Å². The molecule has 0 atom stereocenters. The monoisotopic (exact) mass is 461 g/mol. The van der Waals surface area contributed by atoms with Crippen LogP contribution in [-0.4, -0.2) is 57.1 Å². The van der Waals surface area contributed by atoms with Gasteiger partial charge in [-0.25, -0.2) is 0 Å². The van der Waals surface area contributed by atoms with Crippen LogP contribution in [-0.2, 0) is 4.79 Å². The number of nitrogens with zero attached hydrogens (tertiary/aromatic N) is 1. The second kappa shape index (κ2) is 12.5. The van der Waals surface area contributed by atoms with E-state index in [-0.39, 0.29) is 18.4 Å². The van der Waals surface area contributed by atoms with E-state index in [9.17, 15) is 9.59 Å².